The summed E-state index contributed by atoms with van der Waals surface area (Å²) in [5.74, 6) is 0.567. The van der Waals surface area contributed by atoms with Crippen LogP contribution in [0.1, 0.15) is 64.5 Å². The molecule has 2 aromatic rings. The molecule has 0 spiro atoms. The molecule has 0 radical (unpaired) electrons. The molecule has 0 aliphatic heterocycles. The smallest absolute Gasteiger partial charge is 0.261 e. The van der Waals surface area contributed by atoms with Gasteiger partial charge in [-0.15, -0.1) is 0 Å². The maximum atomic E-state index is 13.3. The molecule has 1 N–H and O–H groups in total. The zero-order chi connectivity index (χ0) is 24.5. The molecular weight excluding hydrogens is 459 g/mol. The number of benzene rings is 2. The molecule has 2 amide bonds. The van der Waals surface area contributed by atoms with Gasteiger partial charge in [-0.1, -0.05) is 69.1 Å². The molecule has 0 saturated carbocycles. The Morgan fingerprint density at radius 3 is 2.18 bits per heavy atom. The lowest BCUT2D eigenvalue weighted by Gasteiger charge is -2.31. The van der Waals surface area contributed by atoms with Crippen molar-refractivity contribution in [2.45, 2.75) is 72.0 Å². The number of carbonyl (C=O) groups excluding carboxylic acids is 2. The second-order valence-electron chi connectivity index (χ2n) is 8.52. The van der Waals surface area contributed by atoms with Crippen LogP contribution >= 0.6 is 23.2 Å². The van der Waals surface area contributed by atoms with Gasteiger partial charge >= 0.3 is 0 Å². The molecule has 33 heavy (non-hydrogen) atoms. The first-order valence-corrected chi connectivity index (χ1v) is 12.2. The van der Waals surface area contributed by atoms with Crippen molar-refractivity contribution in [3.63, 3.8) is 0 Å². The second-order valence-corrected chi connectivity index (χ2v) is 9.34. The molecule has 0 aliphatic carbocycles. The zero-order valence-electron chi connectivity index (χ0n) is 20.0. The standard InChI is InChI=1S/C26H34Cl2N2O3/c1-6-18(5)29-26(32)24(7-2)30(15-19-8-13-22(27)23(28)14-19)25(31)16-33-21-11-9-20(10-12-21)17(3)4/h8-14,17-18,24H,6-7,15-16H2,1-5H3,(H,29,32)/t18-,24-/m1/s1. The SMILES string of the molecule is CC[C@@H](C)NC(=O)[C@@H](CC)N(Cc1ccc(Cl)c(Cl)c1)C(=O)COc1ccc(C(C)C)cc1. The van der Waals surface area contributed by atoms with Crippen LogP contribution < -0.4 is 10.1 Å². The number of ether oxygens (including phenoxy) is 1. The molecule has 0 aliphatic rings. The average Bonchev–Trinajstić information content (AvgIpc) is 2.79. The fourth-order valence-electron chi connectivity index (χ4n) is 3.37. The van der Waals surface area contributed by atoms with Gasteiger partial charge in [-0.25, -0.2) is 0 Å². The highest BCUT2D eigenvalue weighted by Crippen LogP contribution is 2.24. The second kappa shape index (κ2) is 12.9. The van der Waals surface area contributed by atoms with Crippen molar-refractivity contribution in [2.24, 2.45) is 0 Å². The van der Waals surface area contributed by atoms with Crippen LogP contribution in [0.25, 0.3) is 0 Å². The third kappa shape index (κ3) is 7.94. The predicted molar refractivity (Wildman–Crippen MR) is 135 cm³/mol. The van der Waals surface area contributed by atoms with Crippen molar-refractivity contribution in [1.82, 2.24) is 10.2 Å². The Balaban J connectivity index is 2.22. The van der Waals surface area contributed by atoms with Crippen molar-refractivity contribution < 1.29 is 14.3 Å². The van der Waals surface area contributed by atoms with E-state index in [0.29, 0.717) is 28.1 Å². The molecule has 2 rings (SSSR count). The summed E-state index contributed by atoms with van der Waals surface area (Å²) in [5, 5.41) is 3.83. The molecule has 0 unspecified atom stereocenters. The van der Waals surface area contributed by atoms with Crippen LogP contribution in [0.15, 0.2) is 42.5 Å². The largest absolute Gasteiger partial charge is 0.484 e. The lowest BCUT2D eigenvalue weighted by molar-refractivity contribution is -0.143. The molecule has 180 valence electrons. The van der Waals surface area contributed by atoms with Crippen molar-refractivity contribution in [2.75, 3.05) is 6.61 Å². The molecule has 0 fully saturated rings. The normalized spacial score (nSPS) is 12.8. The van der Waals surface area contributed by atoms with E-state index in [9.17, 15) is 9.59 Å². The van der Waals surface area contributed by atoms with Gasteiger partial charge in [0, 0.05) is 12.6 Å². The van der Waals surface area contributed by atoms with E-state index in [1.54, 1.807) is 23.1 Å². The minimum absolute atomic E-state index is 0.0178. The summed E-state index contributed by atoms with van der Waals surface area (Å²) in [7, 11) is 0. The molecule has 2 aromatic carbocycles. The molecule has 0 aromatic heterocycles. The highest BCUT2D eigenvalue weighted by Gasteiger charge is 2.29. The average molecular weight is 493 g/mol. The summed E-state index contributed by atoms with van der Waals surface area (Å²) in [6.45, 7) is 10.1. The summed E-state index contributed by atoms with van der Waals surface area (Å²) in [6, 6.07) is 12.3. The fraction of sp³-hybridized carbons (Fsp3) is 0.462. The zero-order valence-corrected chi connectivity index (χ0v) is 21.5. The van der Waals surface area contributed by atoms with Crippen LogP contribution in [0.2, 0.25) is 10.0 Å². The van der Waals surface area contributed by atoms with Crippen molar-refractivity contribution >= 4 is 35.0 Å². The molecule has 0 bridgehead atoms. The van der Waals surface area contributed by atoms with E-state index in [1.165, 1.54) is 5.56 Å². The first kappa shape index (κ1) is 27.0. The summed E-state index contributed by atoms with van der Waals surface area (Å²) in [4.78, 5) is 27.8. The van der Waals surface area contributed by atoms with Crippen molar-refractivity contribution in [1.29, 1.82) is 0 Å². The van der Waals surface area contributed by atoms with E-state index >= 15 is 0 Å². The van der Waals surface area contributed by atoms with Gasteiger partial charge in [0.25, 0.3) is 5.91 Å². The highest BCUT2D eigenvalue weighted by molar-refractivity contribution is 6.42. The lowest BCUT2D eigenvalue weighted by atomic mass is 10.0. The predicted octanol–water partition coefficient (Wildman–Crippen LogP) is 6.22. The lowest BCUT2D eigenvalue weighted by Crippen LogP contribution is -2.51. The number of nitrogens with zero attached hydrogens (tertiary/aromatic N) is 1. The topological polar surface area (TPSA) is 58.6 Å². The first-order chi connectivity index (χ1) is 15.7. The van der Waals surface area contributed by atoms with Crippen LogP contribution in [0.3, 0.4) is 0 Å². The molecule has 2 atom stereocenters. The minimum Gasteiger partial charge on any atom is -0.484 e. The number of carbonyl (C=O) groups is 2. The third-order valence-corrected chi connectivity index (χ3v) is 6.37. The first-order valence-electron chi connectivity index (χ1n) is 11.4. The Kier molecular flexibility index (Phi) is 10.5. The number of hydrogen-bond donors (Lipinski definition) is 1. The minimum atomic E-state index is -0.632. The van der Waals surface area contributed by atoms with Crippen molar-refractivity contribution in [3.8, 4) is 5.75 Å². The van der Waals surface area contributed by atoms with Gasteiger partial charge in [0.05, 0.1) is 10.0 Å². The quantitative estimate of drug-likeness (QED) is 0.405. The van der Waals surface area contributed by atoms with Crippen LogP contribution in [-0.4, -0.2) is 35.4 Å². The Morgan fingerprint density at radius 2 is 1.64 bits per heavy atom. The van der Waals surface area contributed by atoms with E-state index in [4.69, 9.17) is 27.9 Å². The van der Waals surface area contributed by atoms with Crippen LogP contribution in [0.4, 0.5) is 0 Å². The number of rotatable bonds is 11. The molecule has 7 heteroatoms. The number of amides is 2. The number of halogens is 2. The summed E-state index contributed by atoms with van der Waals surface area (Å²) in [6.07, 6.45) is 1.27. The Labute approximate surface area is 207 Å². The van der Waals surface area contributed by atoms with Gasteiger partial charge in [-0.2, -0.15) is 0 Å². The van der Waals surface area contributed by atoms with E-state index < -0.39 is 6.04 Å². The maximum absolute atomic E-state index is 13.3. The van der Waals surface area contributed by atoms with E-state index in [2.05, 4.69) is 19.2 Å². The van der Waals surface area contributed by atoms with Gasteiger partial charge in [-0.3, -0.25) is 9.59 Å². The van der Waals surface area contributed by atoms with Gasteiger partial charge in [0.2, 0.25) is 5.91 Å². The van der Waals surface area contributed by atoms with Crippen LogP contribution in [0, 0.1) is 0 Å². The van der Waals surface area contributed by atoms with Crippen LogP contribution in [0.5, 0.6) is 5.75 Å². The van der Waals surface area contributed by atoms with E-state index in [1.807, 2.05) is 45.0 Å². The number of hydrogen-bond acceptors (Lipinski definition) is 3. The maximum Gasteiger partial charge on any atom is 0.261 e. The van der Waals surface area contributed by atoms with Crippen molar-refractivity contribution in [3.05, 3.63) is 63.6 Å². The van der Waals surface area contributed by atoms with Gasteiger partial charge in [-0.05, 0) is 61.1 Å². The van der Waals surface area contributed by atoms with E-state index in [0.717, 1.165) is 12.0 Å². The summed E-state index contributed by atoms with van der Waals surface area (Å²) in [5.41, 5.74) is 1.98. The van der Waals surface area contributed by atoms with Gasteiger partial charge in [0.1, 0.15) is 11.8 Å². The Morgan fingerprint density at radius 1 is 0.970 bits per heavy atom. The van der Waals surface area contributed by atoms with Gasteiger partial charge < -0.3 is 15.0 Å². The summed E-state index contributed by atoms with van der Waals surface area (Å²) >= 11 is 12.2. The highest BCUT2D eigenvalue weighted by atomic mass is 35.5. The molecular formula is C26H34Cl2N2O3. The fourth-order valence-corrected chi connectivity index (χ4v) is 3.69. The summed E-state index contributed by atoms with van der Waals surface area (Å²) < 4.78 is 5.77. The molecule has 5 nitrogen and oxygen atoms in total. The monoisotopic (exact) mass is 492 g/mol. The Bertz CT molecular complexity index is 932. The third-order valence-electron chi connectivity index (χ3n) is 5.63. The Hall–Kier alpha value is -2.24. The van der Waals surface area contributed by atoms with Crippen LogP contribution in [-0.2, 0) is 16.1 Å². The number of nitrogens with one attached hydrogen (secondary N) is 1. The van der Waals surface area contributed by atoms with E-state index in [-0.39, 0.29) is 31.0 Å². The van der Waals surface area contributed by atoms with Gasteiger partial charge in [0.15, 0.2) is 6.61 Å². The molecule has 0 saturated heterocycles. The molecule has 0 heterocycles.